The van der Waals surface area contributed by atoms with Crippen molar-refractivity contribution in [2.45, 2.75) is 32.7 Å². The third-order valence-electron chi connectivity index (χ3n) is 6.40. The Labute approximate surface area is 194 Å². The molecule has 5 rings (SSSR count). The lowest BCUT2D eigenvalue weighted by Crippen LogP contribution is -2.51. The van der Waals surface area contributed by atoms with Gasteiger partial charge < -0.3 is 14.6 Å². The van der Waals surface area contributed by atoms with Crippen molar-refractivity contribution in [3.05, 3.63) is 65.5 Å². The van der Waals surface area contributed by atoms with E-state index in [9.17, 15) is 13.6 Å². The van der Waals surface area contributed by atoms with Crippen LogP contribution < -0.4 is 5.32 Å². The standard InChI is InChI=1S/C24H24F2N6O2/c1-14-4-3-11-31(20(14)13-27-24-30-19-12-16(25)5-8-21(19)34-24)23(33)17-6-7-18(26)15(2)22(17)32-28-9-10-29-32/h5-10,12,14,20H,3-4,11,13H2,1-2H3,(H,27,30)/t14-,20-/m1/s1. The van der Waals surface area contributed by atoms with Crippen LogP contribution in [0.4, 0.5) is 14.8 Å². The van der Waals surface area contributed by atoms with Crippen LogP contribution in [0.5, 0.6) is 0 Å². The van der Waals surface area contributed by atoms with Gasteiger partial charge in [-0.05, 0) is 49.9 Å². The number of piperidine rings is 1. The number of likely N-dealkylation sites (tertiary alicyclic amines) is 1. The van der Waals surface area contributed by atoms with Crippen LogP contribution in [0.25, 0.3) is 16.8 Å². The number of carbonyl (C=O) groups is 1. The number of fused-ring (bicyclic) bond motifs is 1. The SMILES string of the molecule is Cc1c(F)ccc(C(=O)N2CCC[C@@H](C)[C@H]2CNc2nc3cc(F)ccc3o2)c1-n1nccn1. The molecule has 1 fully saturated rings. The zero-order valence-corrected chi connectivity index (χ0v) is 18.8. The van der Waals surface area contributed by atoms with Crippen molar-refractivity contribution in [2.75, 3.05) is 18.4 Å². The van der Waals surface area contributed by atoms with E-state index in [1.807, 2.05) is 4.90 Å². The van der Waals surface area contributed by atoms with Crippen molar-refractivity contribution in [2.24, 2.45) is 5.92 Å². The highest BCUT2D eigenvalue weighted by Gasteiger charge is 2.34. The fourth-order valence-electron chi connectivity index (χ4n) is 4.57. The maximum Gasteiger partial charge on any atom is 0.295 e. The number of oxazole rings is 1. The highest BCUT2D eigenvalue weighted by atomic mass is 19.1. The Bertz CT molecular complexity index is 1340. The van der Waals surface area contributed by atoms with Gasteiger partial charge in [-0.2, -0.15) is 20.0 Å². The molecule has 0 aliphatic carbocycles. The number of carbonyl (C=O) groups excluding carboxylic acids is 1. The van der Waals surface area contributed by atoms with Crippen molar-refractivity contribution in [1.29, 1.82) is 0 Å². The first-order chi connectivity index (χ1) is 16.4. The van der Waals surface area contributed by atoms with Gasteiger partial charge in [-0.15, -0.1) is 0 Å². The number of aromatic nitrogens is 4. The molecule has 4 aromatic rings. The summed E-state index contributed by atoms with van der Waals surface area (Å²) in [5.41, 5.74) is 1.88. The zero-order valence-electron chi connectivity index (χ0n) is 18.8. The number of hydrogen-bond acceptors (Lipinski definition) is 6. The molecule has 0 radical (unpaired) electrons. The van der Waals surface area contributed by atoms with Crippen LogP contribution in [0.2, 0.25) is 0 Å². The average molecular weight is 466 g/mol. The van der Waals surface area contributed by atoms with Gasteiger partial charge in [0.05, 0.1) is 24.0 Å². The van der Waals surface area contributed by atoms with E-state index in [1.54, 1.807) is 6.92 Å². The predicted octanol–water partition coefficient (Wildman–Crippen LogP) is 4.35. The van der Waals surface area contributed by atoms with E-state index in [-0.39, 0.29) is 29.7 Å². The van der Waals surface area contributed by atoms with E-state index in [4.69, 9.17) is 4.42 Å². The second kappa shape index (κ2) is 8.85. The zero-order chi connectivity index (χ0) is 23.8. The molecule has 0 unspecified atom stereocenters. The van der Waals surface area contributed by atoms with E-state index in [1.165, 1.54) is 47.5 Å². The highest BCUT2D eigenvalue weighted by Crippen LogP contribution is 2.29. The lowest BCUT2D eigenvalue weighted by atomic mass is 9.89. The molecule has 0 spiro atoms. The number of anilines is 1. The Kier molecular flexibility index (Phi) is 5.72. The molecule has 0 bridgehead atoms. The van der Waals surface area contributed by atoms with Gasteiger partial charge in [0.2, 0.25) is 0 Å². The first-order valence-electron chi connectivity index (χ1n) is 11.2. The summed E-state index contributed by atoms with van der Waals surface area (Å²) in [4.78, 5) is 21.1. The lowest BCUT2D eigenvalue weighted by Gasteiger charge is -2.40. The van der Waals surface area contributed by atoms with Gasteiger partial charge >= 0.3 is 0 Å². The summed E-state index contributed by atoms with van der Waals surface area (Å²) in [6, 6.07) is 7.06. The van der Waals surface area contributed by atoms with Crippen molar-refractivity contribution in [1.82, 2.24) is 24.9 Å². The smallest absolute Gasteiger partial charge is 0.295 e. The van der Waals surface area contributed by atoms with Crippen LogP contribution >= 0.6 is 0 Å². The largest absolute Gasteiger partial charge is 0.424 e. The van der Waals surface area contributed by atoms with E-state index >= 15 is 0 Å². The van der Waals surface area contributed by atoms with Crippen LogP contribution in [-0.4, -0.2) is 49.9 Å². The first-order valence-corrected chi connectivity index (χ1v) is 11.2. The van der Waals surface area contributed by atoms with Gasteiger partial charge in [-0.3, -0.25) is 4.79 Å². The molecular formula is C24H24F2N6O2. The number of rotatable bonds is 5. The molecular weight excluding hydrogens is 442 g/mol. The molecule has 1 saturated heterocycles. The summed E-state index contributed by atoms with van der Waals surface area (Å²) < 4.78 is 33.5. The Morgan fingerprint density at radius 2 is 2.00 bits per heavy atom. The highest BCUT2D eigenvalue weighted by molar-refractivity contribution is 5.98. The molecule has 2 atom stereocenters. The second-order valence-corrected chi connectivity index (χ2v) is 8.58. The topological polar surface area (TPSA) is 89.1 Å². The Balaban J connectivity index is 1.43. The summed E-state index contributed by atoms with van der Waals surface area (Å²) >= 11 is 0. The predicted molar refractivity (Wildman–Crippen MR) is 122 cm³/mol. The molecule has 176 valence electrons. The fraction of sp³-hybridized carbons (Fsp3) is 0.333. The summed E-state index contributed by atoms with van der Waals surface area (Å²) in [7, 11) is 0. The van der Waals surface area contributed by atoms with Gasteiger partial charge in [-0.25, -0.2) is 8.78 Å². The molecule has 1 aliphatic rings. The summed E-state index contributed by atoms with van der Waals surface area (Å²) in [5, 5.41) is 11.4. The third-order valence-corrected chi connectivity index (χ3v) is 6.40. The second-order valence-electron chi connectivity index (χ2n) is 8.58. The van der Waals surface area contributed by atoms with Crippen LogP contribution in [-0.2, 0) is 0 Å². The first kappa shape index (κ1) is 22.0. The Morgan fingerprint density at radius 3 is 2.79 bits per heavy atom. The normalized spacial score (nSPS) is 18.4. The van der Waals surface area contributed by atoms with E-state index < -0.39 is 5.82 Å². The molecule has 0 saturated carbocycles. The van der Waals surface area contributed by atoms with Gasteiger partial charge in [-0.1, -0.05) is 6.92 Å². The van der Waals surface area contributed by atoms with Crippen LogP contribution in [0.15, 0.2) is 47.1 Å². The summed E-state index contributed by atoms with van der Waals surface area (Å²) in [5.74, 6) is -0.822. The van der Waals surface area contributed by atoms with Gasteiger partial charge in [0.25, 0.3) is 11.9 Å². The Hall–Kier alpha value is -3.82. The molecule has 8 nitrogen and oxygen atoms in total. The third kappa shape index (κ3) is 4.00. The number of hydrogen-bond donors (Lipinski definition) is 1. The minimum atomic E-state index is -0.429. The van der Waals surface area contributed by atoms with Gasteiger partial charge in [0, 0.05) is 24.7 Å². The fourth-order valence-corrected chi connectivity index (χ4v) is 4.57. The maximum atomic E-state index is 14.4. The lowest BCUT2D eigenvalue weighted by molar-refractivity contribution is 0.0538. The van der Waals surface area contributed by atoms with Crippen molar-refractivity contribution < 1.29 is 18.0 Å². The van der Waals surface area contributed by atoms with E-state index in [0.717, 1.165) is 12.8 Å². The molecule has 10 heteroatoms. The number of benzene rings is 2. The molecule has 1 amide bonds. The van der Waals surface area contributed by atoms with Crippen molar-refractivity contribution in [3.63, 3.8) is 0 Å². The van der Waals surface area contributed by atoms with Gasteiger partial charge in [0.15, 0.2) is 5.58 Å². The quantitative estimate of drug-likeness (QED) is 0.471. The maximum absolute atomic E-state index is 14.4. The molecule has 2 aromatic carbocycles. The minimum Gasteiger partial charge on any atom is -0.424 e. The minimum absolute atomic E-state index is 0.156. The van der Waals surface area contributed by atoms with Crippen molar-refractivity contribution >= 4 is 23.0 Å². The summed E-state index contributed by atoms with van der Waals surface area (Å²) in [6.45, 7) is 4.67. The molecule has 1 aliphatic heterocycles. The molecule has 3 heterocycles. The number of nitrogens with zero attached hydrogens (tertiary/aromatic N) is 5. The van der Waals surface area contributed by atoms with Gasteiger partial charge in [0.1, 0.15) is 22.8 Å². The molecule has 34 heavy (non-hydrogen) atoms. The molecule has 1 N–H and O–H groups in total. The average Bonchev–Trinajstić information content (AvgIpc) is 3.49. The number of nitrogens with one attached hydrogen (secondary N) is 1. The number of amides is 1. The van der Waals surface area contributed by atoms with Crippen molar-refractivity contribution in [3.8, 4) is 5.69 Å². The van der Waals surface area contributed by atoms with E-state index in [0.29, 0.717) is 41.0 Å². The van der Waals surface area contributed by atoms with E-state index in [2.05, 4.69) is 27.4 Å². The molecule has 2 aromatic heterocycles. The number of halogens is 2. The Morgan fingerprint density at radius 1 is 1.21 bits per heavy atom. The monoisotopic (exact) mass is 466 g/mol. The van der Waals surface area contributed by atoms with Crippen LogP contribution in [0.1, 0.15) is 35.7 Å². The van der Waals surface area contributed by atoms with Crippen LogP contribution in [0.3, 0.4) is 0 Å². The summed E-state index contributed by atoms with van der Waals surface area (Å²) in [6.07, 6.45) is 4.80. The van der Waals surface area contributed by atoms with Crippen LogP contribution in [0, 0.1) is 24.5 Å².